The van der Waals surface area contributed by atoms with E-state index >= 15 is 0 Å². The highest BCUT2D eigenvalue weighted by molar-refractivity contribution is 5.85. The molecule has 216 valence electrons. The normalized spacial score (nSPS) is 11.0. The van der Waals surface area contributed by atoms with Crippen molar-refractivity contribution in [3.05, 3.63) is 148 Å². The van der Waals surface area contributed by atoms with Crippen LogP contribution in [0.25, 0.3) is 22.5 Å². The first-order chi connectivity index (χ1) is 21.2. The second-order valence-electron chi connectivity index (χ2n) is 9.87. The molecule has 0 radical (unpaired) electrons. The van der Waals surface area contributed by atoms with Crippen molar-refractivity contribution < 1.29 is 19.1 Å². The molecular formula is C35H31N3O5. The van der Waals surface area contributed by atoms with E-state index in [-0.39, 0.29) is 31.2 Å². The fraction of sp³-hybridized carbons (Fsp3) is 0.171. The zero-order valence-corrected chi connectivity index (χ0v) is 23.5. The molecule has 0 atom stereocenters. The lowest BCUT2D eigenvalue weighted by Crippen LogP contribution is -2.27. The van der Waals surface area contributed by atoms with Crippen molar-refractivity contribution in [3.63, 3.8) is 0 Å². The van der Waals surface area contributed by atoms with E-state index in [1.807, 2.05) is 109 Å². The number of nitriles is 1. The first-order valence-electron chi connectivity index (χ1n) is 13.9. The summed E-state index contributed by atoms with van der Waals surface area (Å²) in [4.78, 5) is 11.9. The van der Waals surface area contributed by atoms with Gasteiger partial charge in [0, 0.05) is 5.56 Å². The first-order valence-corrected chi connectivity index (χ1v) is 13.9. The zero-order valence-electron chi connectivity index (χ0n) is 23.5. The molecule has 0 spiro atoms. The highest BCUT2D eigenvalue weighted by Gasteiger charge is 2.33. The maximum atomic E-state index is 12.4. The van der Waals surface area contributed by atoms with Crippen molar-refractivity contribution in [2.75, 3.05) is 13.2 Å². The predicted octanol–water partition coefficient (Wildman–Crippen LogP) is 7.38. The Labute approximate surface area is 250 Å². The van der Waals surface area contributed by atoms with Crippen LogP contribution in [0, 0.1) is 21.4 Å². The second-order valence-corrected chi connectivity index (χ2v) is 9.87. The smallest absolute Gasteiger partial charge is 0.313 e. The number of nitrogens with zero attached hydrogens (tertiary/aromatic N) is 3. The van der Waals surface area contributed by atoms with E-state index in [0.29, 0.717) is 35.7 Å². The Morgan fingerprint density at radius 3 is 1.58 bits per heavy atom. The minimum atomic E-state index is -0.494. The molecule has 0 aliphatic rings. The molecule has 1 aromatic heterocycles. The summed E-state index contributed by atoms with van der Waals surface area (Å²) in [5.74, 6) is 0. The van der Waals surface area contributed by atoms with E-state index in [2.05, 4.69) is 6.07 Å². The highest BCUT2D eigenvalue weighted by Crippen LogP contribution is 2.42. The van der Waals surface area contributed by atoms with Gasteiger partial charge in [0.05, 0.1) is 37.0 Å². The molecule has 5 rings (SSSR count). The van der Waals surface area contributed by atoms with Crippen LogP contribution in [-0.2, 0) is 34.2 Å². The summed E-state index contributed by atoms with van der Waals surface area (Å²) in [5.41, 5.74) is 3.79. The van der Waals surface area contributed by atoms with Crippen molar-refractivity contribution >= 4 is 5.69 Å². The second kappa shape index (κ2) is 14.7. The van der Waals surface area contributed by atoms with Gasteiger partial charge in [-0.05, 0) is 16.7 Å². The van der Waals surface area contributed by atoms with Gasteiger partial charge in [-0.25, -0.2) is 0 Å². The molecule has 1 heterocycles. The minimum Gasteiger partial charge on any atom is -0.374 e. The number of ether oxygens (including phenoxy) is 3. The Bertz CT molecular complexity index is 1610. The summed E-state index contributed by atoms with van der Waals surface area (Å²) in [7, 11) is 0. The van der Waals surface area contributed by atoms with Crippen LogP contribution >= 0.6 is 0 Å². The molecule has 0 bridgehead atoms. The molecule has 8 nitrogen and oxygen atoms in total. The Morgan fingerprint density at radius 2 is 1.14 bits per heavy atom. The van der Waals surface area contributed by atoms with Crippen LogP contribution in [0.4, 0.5) is 5.69 Å². The quantitative estimate of drug-likeness (QED) is 0.102. The molecule has 0 unspecified atom stereocenters. The fourth-order valence-corrected chi connectivity index (χ4v) is 4.89. The third-order valence-corrected chi connectivity index (χ3v) is 6.90. The molecule has 0 fully saturated rings. The lowest BCUT2D eigenvalue weighted by Gasteiger charge is -2.21. The summed E-state index contributed by atoms with van der Waals surface area (Å²) in [6.45, 7) is 1.21. The van der Waals surface area contributed by atoms with E-state index in [1.165, 1.54) is 0 Å². The van der Waals surface area contributed by atoms with Crippen molar-refractivity contribution in [2.24, 2.45) is 0 Å². The molecule has 0 saturated heterocycles. The van der Waals surface area contributed by atoms with Crippen molar-refractivity contribution in [1.82, 2.24) is 4.57 Å². The monoisotopic (exact) mass is 573 g/mol. The Kier molecular flexibility index (Phi) is 10.1. The van der Waals surface area contributed by atoms with Gasteiger partial charge in [0.2, 0.25) is 0 Å². The number of hydrogen-bond donors (Lipinski definition) is 0. The Balaban J connectivity index is 1.46. The molecule has 8 heteroatoms. The van der Waals surface area contributed by atoms with Gasteiger partial charge in [-0.3, -0.25) is 10.1 Å². The highest BCUT2D eigenvalue weighted by atomic mass is 16.6. The van der Waals surface area contributed by atoms with Gasteiger partial charge in [-0.2, -0.15) is 5.26 Å². The summed E-state index contributed by atoms with van der Waals surface area (Å²) in [6.07, 6.45) is -0.494. The van der Waals surface area contributed by atoms with Gasteiger partial charge in [0.15, 0.2) is 5.56 Å². The minimum absolute atomic E-state index is 0.0177. The van der Waals surface area contributed by atoms with Crippen LogP contribution in [0.3, 0.4) is 0 Å². The van der Waals surface area contributed by atoms with Gasteiger partial charge in [-0.15, -0.1) is 0 Å². The molecular weight excluding hydrogens is 542 g/mol. The van der Waals surface area contributed by atoms with E-state index in [1.54, 1.807) is 16.7 Å². The third-order valence-electron chi connectivity index (χ3n) is 6.90. The topological polar surface area (TPSA) is 99.5 Å². The maximum absolute atomic E-state index is 12.4. The van der Waals surface area contributed by atoms with Gasteiger partial charge in [0.1, 0.15) is 24.6 Å². The van der Waals surface area contributed by atoms with Crippen molar-refractivity contribution in [1.29, 1.82) is 5.26 Å². The number of rotatable bonds is 14. The van der Waals surface area contributed by atoms with Crippen LogP contribution in [0.2, 0.25) is 0 Å². The molecule has 0 N–H and O–H groups in total. The standard InChI is InChI=1S/C35H31N3O5/c36-21-32-33(29-17-9-3-10-18-29)37(34(35(32)38(39)40)30-19-11-4-12-20-30)26-43-31(24-41-22-27-13-5-1-6-14-27)25-42-23-28-15-7-2-8-16-28/h1-20,31H,22-26H2. The van der Waals surface area contributed by atoms with Gasteiger partial charge >= 0.3 is 5.69 Å². The van der Waals surface area contributed by atoms with Crippen LogP contribution in [0.5, 0.6) is 0 Å². The maximum Gasteiger partial charge on any atom is 0.313 e. The summed E-state index contributed by atoms with van der Waals surface area (Å²) < 4.78 is 20.1. The third kappa shape index (κ3) is 7.42. The van der Waals surface area contributed by atoms with Gasteiger partial charge in [-0.1, -0.05) is 121 Å². The SMILES string of the molecule is N#Cc1c([N+](=O)[O-])c(-c2ccccc2)n(COC(COCc2ccccc2)COCc2ccccc2)c1-c1ccccc1. The first kappa shape index (κ1) is 29.4. The average Bonchev–Trinajstić information content (AvgIpc) is 3.40. The van der Waals surface area contributed by atoms with Crippen molar-refractivity contribution in [3.8, 4) is 28.6 Å². The molecule has 0 amide bonds. The molecule has 0 aliphatic carbocycles. The van der Waals surface area contributed by atoms with E-state index in [9.17, 15) is 15.4 Å². The summed E-state index contributed by atoms with van der Waals surface area (Å²) in [5, 5.41) is 22.6. The zero-order chi connectivity index (χ0) is 29.9. The van der Waals surface area contributed by atoms with Crippen LogP contribution in [0.15, 0.2) is 121 Å². The number of nitro groups is 1. The van der Waals surface area contributed by atoms with Crippen LogP contribution < -0.4 is 0 Å². The Hall–Kier alpha value is -5.07. The average molecular weight is 574 g/mol. The van der Waals surface area contributed by atoms with E-state index in [4.69, 9.17) is 14.2 Å². The Morgan fingerprint density at radius 1 is 0.698 bits per heavy atom. The molecule has 4 aromatic carbocycles. The van der Waals surface area contributed by atoms with E-state index < -0.39 is 11.0 Å². The van der Waals surface area contributed by atoms with Crippen LogP contribution in [-0.4, -0.2) is 28.8 Å². The molecule has 0 aliphatic heterocycles. The summed E-state index contributed by atoms with van der Waals surface area (Å²) >= 11 is 0. The molecule has 43 heavy (non-hydrogen) atoms. The lowest BCUT2D eigenvalue weighted by molar-refractivity contribution is -0.384. The van der Waals surface area contributed by atoms with Crippen LogP contribution in [0.1, 0.15) is 16.7 Å². The summed E-state index contributed by atoms with van der Waals surface area (Å²) in [6, 6.07) is 40.0. The largest absolute Gasteiger partial charge is 0.374 e. The lowest BCUT2D eigenvalue weighted by atomic mass is 10.1. The van der Waals surface area contributed by atoms with Crippen molar-refractivity contribution in [2.45, 2.75) is 26.0 Å². The number of benzene rings is 4. The molecule has 0 saturated carbocycles. The predicted molar refractivity (Wildman–Crippen MR) is 164 cm³/mol. The fourth-order valence-electron chi connectivity index (χ4n) is 4.89. The van der Waals surface area contributed by atoms with Gasteiger partial charge < -0.3 is 18.8 Å². The van der Waals surface area contributed by atoms with E-state index in [0.717, 1.165) is 11.1 Å². The van der Waals surface area contributed by atoms with Gasteiger partial charge in [0.25, 0.3) is 0 Å². The molecule has 5 aromatic rings. The number of aromatic nitrogens is 1. The number of hydrogen-bond acceptors (Lipinski definition) is 6.